The zero-order valence-electron chi connectivity index (χ0n) is 12.7. The zero-order chi connectivity index (χ0) is 15.5. The van der Waals surface area contributed by atoms with E-state index in [1.54, 1.807) is 12.1 Å². The number of amides is 2. The third-order valence-electron chi connectivity index (χ3n) is 2.88. The Morgan fingerprint density at radius 3 is 2.50 bits per heavy atom. The van der Waals surface area contributed by atoms with Gasteiger partial charge in [-0.25, -0.2) is 0 Å². The molecule has 0 heterocycles. The third kappa shape index (κ3) is 9.02. The Morgan fingerprint density at radius 2 is 1.82 bits per heavy atom. The van der Waals surface area contributed by atoms with E-state index in [0.717, 1.165) is 23.9 Å². The Kier molecular flexibility index (Phi) is 11.8. The standard InChI is InChI=1S/C15H22BrN3O2.ClH/c1-17-8-3-7-14(20)18-9-4-10-19-15(21)12-5-2-6-13(16)11-12;/h2,5-6,11,17H,3-4,7-10H2,1H3,(H,18,20)(H,19,21);1H. The summed E-state index contributed by atoms with van der Waals surface area (Å²) in [5, 5.41) is 8.67. The first kappa shape index (κ1) is 20.9. The van der Waals surface area contributed by atoms with Gasteiger partial charge in [-0.05, 0) is 44.6 Å². The van der Waals surface area contributed by atoms with Crippen LogP contribution in [0.25, 0.3) is 0 Å². The van der Waals surface area contributed by atoms with E-state index in [1.165, 1.54) is 0 Å². The van der Waals surface area contributed by atoms with E-state index in [4.69, 9.17) is 0 Å². The Hall–Kier alpha value is -1.11. The molecule has 0 aromatic heterocycles. The molecule has 0 saturated carbocycles. The van der Waals surface area contributed by atoms with Gasteiger partial charge in [0.05, 0.1) is 0 Å². The zero-order valence-corrected chi connectivity index (χ0v) is 15.1. The summed E-state index contributed by atoms with van der Waals surface area (Å²) in [5.41, 5.74) is 0.625. The van der Waals surface area contributed by atoms with Gasteiger partial charge >= 0.3 is 0 Å². The summed E-state index contributed by atoms with van der Waals surface area (Å²) in [7, 11) is 1.87. The number of carbonyl (C=O) groups excluding carboxylic acids is 2. The SMILES string of the molecule is CNCCCC(=O)NCCCNC(=O)c1cccc(Br)c1.Cl. The average molecular weight is 393 g/mol. The highest BCUT2D eigenvalue weighted by molar-refractivity contribution is 9.10. The molecular formula is C15H23BrClN3O2. The van der Waals surface area contributed by atoms with Crippen LogP contribution in [0.1, 0.15) is 29.6 Å². The minimum absolute atomic E-state index is 0. The van der Waals surface area contributed by atoms with E-state index >= 15 is 0 Å². The molecule has 0 fully saturated rings. The maximum Gasteiger partial charge on any atom is 0.251 e. The number of nitrogens with one attached hydrogen (secondary N) is 3. The number of benzene rings is 1. The fourth-order valence-corrected chi connectivity index (χ4v) is 2.16. The molecule has 1 aromatic rings. The molecule has 0 aliphatic carbocycles. The van der Waals surface area contributed by atoms with E-state index in [2.05, 4.69) is 31.9 Å². The Balaban J connectivity index is 0.00000441. The van der Waals surface area contributed by atoms with Crippen molar-refractivity contribution >= 4 is 40.2 Å². The lowest BCUT2D eigenvalue weighted by Crippen LogP contribution is -2.30. The van der Waals surface area contributed by atoms with Gasteiger partial charge in [-0.15, -0.1) is 12.4 Å². The van der Waals surface area contributed by atoms with E-state index < -0.39 is 0 Å². The molecule has 0 radical (unpaired) electrons. The van der Waals surface area contributed by atoms with Crippen LogP contribution in [0.4, 0.5) is 0 Å². The highest BCUT2D eigenvalue weighted by Gasteiger charge is 2.05. The molecule has 0 atom stereocenters. The topological polar surface area (TPSA) is 70.2 Å². The minimum Gasteiger partial charge on any atom is -0.356 e. The predicted molar refractivity (Wildman–Crippen MR) is 94.5 cm³/mol. The molecule has 1 aromatic carbocycles. The van der Waals surface area contributed by atoms with Crippen LogP contribution in [0.2, 0.25) is 0 Å². The first-order valence-corrected chi connectivity index (χ1v) is 7.88. The van der Waals surface area contributed by atoms with Crippen molar-refractivity contribution in [3.05, 3.63) is 34.3 Å². The van der Waals surface area contributed by atoms with Crippen molar-refractivity contribution in [2.75, 3.05) is 26.7 Å². The smallest absolute Gasteiger partial charge is 0.251 e. The summed E-state index contributed by atoms with van der Waals surface area (Å²) in [6.45, 7) is 1.97. The van der Waals surface area contributed by atoms with Crippen molar-refractivity contribution < 1.29 is 9.59 Å². The predicted octanol–water partition coefficient (Wildman–Crippen LogP) is 2.11. The summed E-state index contributed by atoms with van der Waals surface area (Å²) in [6, 6.07) is 7.24. The van der Waals surface area contributed by atoms with Gasteiger partial charge in [-0.3, -0.25) is 9.59 Å². The molecule has 0 aliphatic rings. The maximum atomic E-state index is 11.8. The van der Waals surface area contributed by atoms with Gasteiger partial charge in [0.25, 0.3) is 5.91 Å². The highest BCUT2D eigenvalue weighted by atomic mass is 79.9. The normalized spacial score (nSPS) is 9.73. The molecule has 22 heavy (non-hydrogen) atoms. The molecule has 1 rings (SSSR count). The number of hydrogen-bond donors (Lipinski definition) is 3. The molecule has 0 spiro atoms. The monoisotopic (exact) mass is 391 g/mol. The maximum absolute atomic E-state index is 11.8. The molecule has 2 amide bonds. The van der Waals surface area contributed by atoms with E-state index in [1.807, 2.05) is 19.2 Å². The van der Waals surface area contributed by atoms with E-state index in [-0.39, 0.29) is 24.2 Å². The third-order valence-corrected chi connectivity index (χ3v) is 3.37. The van der Waals surface area contributed by atoms with Crippen LogP contribution in [-0.2, 0) is 4.79 Å². The van der Waals surface area contributed by atoms with Crippen LogP contribution < -0.4 is 16.0 Å². The van der Waals surface area contributed by atoms with Gasteiger partial charge in [-0.2, -0.15) is 0 Å². The summed E-state index contributed by atoms with van der Waals surface area (Å²) in [5.74, 6) is -0.0415. The minimum atomic E-state index is -0.100. The second-order valence-electron chi connectivity index (χ2n) is 4.68. The molecular weight excluding hydrogens is 370 g/mol. The van der Waals surface area contributed by atoms with Crippen molar-refractivity contribution in [3.8, 4) is 0 Å². The van der Waals surface area contributed by atoms with Crippen molar-refractivity contribution in [1.29, 1.82) is 0 Å². The highest BCUT2D eigenvalue weighted by Crippen LogP contribution is 2.11. The number of carbonyl (C=O) groups is 2. The van der Waals surface area contributed by atoms with Crippen LogP contribution in [0.5, 0.6) is 0 Å². The summed E-state index contributed by atoms with van der Waals surface area (Å²) in [6.07, 6.45) is 2.09. The molecule has 0 aliphatic heterocycles. The van der Waals surface area contributed by atoms with Gasteiger partial charge in [0, 0.05) is 29.5 Å². The van der Waals surface area contributed by atoms with Gasteiger partial charge in [0.15, 0.2) is 0 Å². The lowest BCUT2D eigenvalue weighted by molar-refractivity contribution is -0.121. The van der Waals surface area contributed by atoms with Crippen molar-refractivity contribution in [1.82, 2.24) is 16.0 Å². The average Bonchev–Trinajstić information content (AvgIpc) is 2.47. The van der Waals surface area contributed by atoms with Crippen LogP contribution in [0.15, 0.2) is 28.7 Å². The van der Waals surface area contributed by atoms with Gasteiger partial charge in [-0.1, -0.05) is 22.0 Å². The first-order valence-electron chi connectivity index (χ1n) is 7.08. The number of halogens is 2. The van der Waals surface area contributed by atoms with E-state index in [9.17, 15) is 9.59 Å². The fourth-order valence-electron chi connectivity index (χ4n) is 1.76. The molecule has 0 bridgehead atoms. The molecule has 5 nitrogen and oxygen atoms in total. The van der Waals surface area contributed by atoms with Crippen LogP contribution in [-0.4, -0.2) is 38.5 Å². The molecule has 7 heteroatoms. The van der Waals surface area contributed by atoms with Gasteiger partial charge < -0.3 is 16.0 Å². The Labute approximate surface area is 146 Å². The summed E-state index contributed by atoms with van der Waals surface area (Å²) >= 11 is 3.33. The summed E-state index contributed by atoms with van der Waals surface area (Å²) < 4.78 is 0.879. The molecule has 0 saturated heterocycles. The van der Waals surface area contributed by atoms with Gasteiger partial charge in [0.2, 0.25) is 5.91 Å². The molecule has 3 N–H and O–H groups in total. The fraction of sp³-hybridized carbons (Fsp3) is 0.467. The van der Waals surface area contributed by atoms with Crippen LogP contribution in [0.3, 0.4) is 0 Å². The molecule has 0 unspecified atom stereocenters. The lowest BCUT2D eigenvalue weighted by Gasteiger charge is -2.07. The van der Waals surface area contributed by atoms with Crippen molar-refractivity contribution in [3.63, 3.8) is 0 Å². The Bertz CT molecular complexity index is 472. The quantitative estimate of drug-likeness (QED) is 0.564. The molecule has 124 valence electrons. The largest absolute Gasteiger partial charge is 0.356 e. The second kappa shape index (κ2) is 12.4. The number of hydrogen-bond acceptors (Lipinski definition) is 3. The Morgan fingerprint density at radius 1 is 1.09 bits per heavy atom. The first-order chi connectivity index (χ1) is 10.1. The van der Waals surface area contributed by atoms with Gasteiger partial charge in [0.1, 0.15) is 0 Å². The van der Waals surface area contributed by atoms with Crippen LogP contribution >= 0.6 is 28.3 Å². The van der Waals surface area contributed by atoms with Crippen molar-refractivity contribution in [2.45, 2.75) is 19.3 Å². The second-order valence-corrected chi connectivity index (χ2v) is 5.59. The lowest BCUT2D eigenvalue weighted by atomic mass is 10.2. The van der Waals surface area contributed by atoms with E-state index in [0.29, 0.717) is 25.1 Å². The summed E-state index contributed by atoms with van der Waals surface area (Å²) in [4.78, 5) is 23.3. The van der Waals surface area contributed by atoms with Crippen LogP contribution in [0, 0.1) is 0 Å². The number of rotatable bonds is 9. The van der Waals surface area contributed by atoms with Crippen molar-refractivity contribution in [2.24, 2.45) is 0 Å².